The first-order chi connectivity index (χ1) is 10.3. The van der Waals surface area contributed by atoms with Crippen molar-refractivity contribution >= 4 is 17.8 Å². The van der Waals surface area contributed by atoms with Crippen LogP contribution in [0.5, 0.6) is 0 Å². The fraction of sp³-hybridized carbons (Fsp3) is 0.786. The number of nitrogens with zero attached hydrogens (tertiary/aromatic N) is 4. The molecule has 1 saturated carbocycles. The number of morpholine rings is 1. The van der Waals surface area contributed by atoms with E-state index in [1.807, 2.05) is 6.92 Å². The van der Waals surface area contributed by atoms with Crippen molar-refractivity contribution in [1.82, 2.24) is 15.0 Å². The molecular weight excluding hydrogens is 268 g/mol. The lowest BCUT2D eigenvalue weighted by Gasteiger charge is -2.27. The molecular formula is C14H24N6O. The lowest BCUT2D eigenvalue weighted by molar-refractivity contribution is 0.122. The summed E-state index contributed by atoms with van der Waals surface area (Å²) in [6, 6.07) is 0. The highest BCUT2D eigenvalue weighted by Gasteiger charge is 2.21. The third kappa shape index (κ3) is 4.17. The van der Waals surface area contributed by atoms with Crippen molar-refractivity contribution in [1.29, 1.82) is 0 Å². The van der Waals surface area contributed by atoms with Gasteiger partial charge in [-0.25, -0.2) is 0 Å². The Morgan fingerprint density at radius 3 is 2.48 bits per heavy atom. The van der Waals surface area contributed by atoms with Crippen LogP contribution in [0, 0.1) is 5.92 Å². The molecule has 0 atom stereocenters. The highest BCUT2D eigenvalue weighted by Crippen LogP contribution is 2.32. The highest BCUT2D eigenvalue weighted by atomic mass is 16.5. The Morgan fingerprint density at radius 2 is 1.81 bits per heavy atom. The molecule has 0 bridgehead atoms. The van der Waals surface area contributed by atoms with Crippen LogP contribution in [-0.4, -0.2) is 54.3 Å². The van der Waals surface area contributed by atoms with Crippen molar-refractivity contribution in [3.05, 3.63) is 0 Å². The summed E-state index contributed by atoms with van der Waals surface area (Å²) in [4.78, 5) is 15.6. The number of ether oxygens (including phenoxy) is 1. The molecule has 2 heterocycles. The molecule has 2 aliphatic rings. The number of nitrogens with one attached hydrogen (secondary N) is 2. The molecule has 0 unspecified atom stereocenters. The van der Waals surface area contributed by atoms with E-state index in [1.54, 1.807) is 0 Å². The third-order valence-corrected chi connectivity index (χ3v) is 3.79. The van der Waals surface area contributed by atoms with Gasteiger partial charge in [0.25, 0.3) is 0 Å². The molecule has 0 amide bonds. The fourth-order valence-electron chi connectivity index (χ4n) is 2.38. The Morgan fingerprint density at radius 1 is 1.10 bits per heavy atom. The predicted molar refractivity (Wildman–Crippen MR) is 82.9 cm³/mol. The molecule has 21 heavy (non-hydrogen) atoms. The van der Waals surface area contributed by atoms with Crippen LogP contribution in [0.4, 0.5) is 17.8 Å². The van der Waals surface area contributed by atoms with E-state index in [4.69, 9.17) is 4.74 Å². The standard InChI is InChI=1S/C14H24N6O/c1-2-15-12-17-13(16-6-5-11-3-4-11)19-14(18-12)20-7-9-21-10-8-20/h11H,2-10H2,1H3,(H2,15,16,17,18,19). The maximum Gasteiger partial charge on any atom is 0.232 e. The number of hydrogen-bond acceptors (Lipinski definition) is 7. The van der Waals surface area contributed by atoms with Crippen molar-refractivity contribution in [3.63, 3.8) is 0 Å². The molecule has 1 aromatic heterocycles. The fourth-order valence-corrected chi connectivity index (χ4v) is 2.38. The van der Waals surface area contributed by atoms with E-state index >= 15 is 0 Å². The van der Waals surface area contributed by atoms with Crippen LogP contribution >= 0.6 is 0 Å². The molecule has 2 N–H and O–H groups in total. The van der Waals surface area contributed by atoms with Crippen LogP contribution in [0.1, 0.15) is 26.2 Å². The first-order valence-electron chi connectivity index (χ1n) is 7.91. The lowest BCUT2D eigenvalue weighted by atomic mass is 10.3. The van der Waals surface area contributed by atoms with Crippen LogP contribution in [0.15, 0.2) is 0 Å². The molecule has 7 heteroatoms. The van der Waals surface area contributed by atoms with Gasteiger partial charge in [0.15, 0.2) is 0 Å². The largest absolute Gasteiger partial charge is 0.378 e. The summed E-state index contributed by atoms with van der Waals surface area (Å²) in [6.07, 6.45) is 3.95. The van der Waals surface area contributed by atoms with Crippen LogP contribution in [0.25, 0.3) is 0 Å². The molecule has 1 aliphatic carbocycles. The summed E-state index contributed by atoms with van der Waals surface area (Å²) >= 11 is 0. The molecule has 1 saturated heterocycles. The monoisotopic (exact) mass is 292 g/mol. The highest BCUT2D eigenvalue weighted by molar-refractivity contribution is 5.44. The SMILES string of the molecule is CCNc1nc(NCCC2CC2)nc(N2CCOCC2)n1. The van der Waals surface area contributed by atoms with Gasteiger partial charge in [-0.05, 0) is 19.3 Å². The zero-order valence-electron chi connectivity index (χ0n) is 12.6. The van der Waals surface area contributed by atoms with Gasteiger partial charge in [0.05, 0.1) is 13.2 Å². The summed E-state index contributed by atoms with van der Waals surface area (Å²) in [5.41, 5.74) is 0. The minimum absolute atomic E-state index is 0.642. The van der Waals surface area contributed by atoms with E-state index in [-0.39, 0.29) is 0 Å². The van der Waals surface area contributed by atoms with Crippen molar-refractivity contribution in [2.75, 3.05) is 54.9 Å². The second-order valence-corrected chi connectivity index (χ2v) is 5.57. The Kier molecular flexibility index (Phi) is 4.69. The van der Waals surface area contributed by atoms with Crippen LogP contribution in [0.2, 0.25) is 0 Å². The van der Waals surface area contributed by atoms with E-state index in [1.165, 1.54) is 19.3 Å². The van der Waals surface area contributed by atoms with Gasteiger partial charge in [0.1, 0.15) is 0 Å². The van der Waals surface area contributed by atoms with Gasteiger partial charge in [-0.2, -0.15) is 15.0 Å². The topological polar surface area (TPSA) is 75.2 Å². The van der Waals surface area contributed by atoms with Crippen molar-refractivity contribution in [2.24, 2.45) is 5.92 Å². The number of rotatable bonds is 7. The van der Waals surface area contributed by atoms with E-state index in [2.05, 4.69) is 30.5 Å². The van der Waals surface area contributed by atoms with Gasteiger partial charge in [0, 0.05) is 26.2 Å². The van der Waals surface area contributed by atoms with Gasteiger partial charge >= 0.3 is 0 Å². The molecule has 0 aromatic carbocycles. The minimum atomic E-state index is 0.642. The zero-order valence-corrected chi connectivity index (χ0v) is 12.6. The first kappa shape index (κ1) is 14.3. The summed E-state index contributed by atoms with van der Waals surface area (Å²) < 4.78 is 5.38. The Bertz CT molecular complexity index is 459. The van der Waals surface area contributed by atoms with Gasteiger partial charge < -0.3 is 20.3 Å². The normalized spacial score (nSPS) is 18.6. The maximum absolute atomic E-state index is 5.38. The molecule has 116 valence electrons. The zero-order chi connectivity index (χ0) is 14.5. The number of hydrogen-bond donors (Lipinski definition) is 2. The van der Waals surface area contributed by atoms with Crippen LogP contribution in [-0.2, 0) is 4.74 Å². The van der Waals surface area contributed by atoms with E-state index < -0.39 is 0 Å². The quantitative estimate of drug-likeness (QED) is 0.785. The molecule has 2 fully saturated rings. The smallest absolute Gasteiger partial charge is 0.232 e. The Hall–Kier alpha value is -1.63. The van der Waals surface area contributed by atoms with Gasteiger partial charge in [0.2, 0.25) is 17.8 Å². The number of anilines is 3. The Labute approximate surface area is 125 Å². The predicted octanol–water partition coefficient (Wildman–Crippen LogP) is 1.35. The number of aromatic nitrogens is 3. The Balaban J connectivity index is 1.68. The van der Waals surface area contributed by atoms with Crippen molar-refractivity contribution in [2.45, 2.75) is 26.2 Å². The van der Waals surface area contributed by atoms with E-state index in [0.29, 0.717) is 11.9 Å². The average Bonchev–Trinajstić information content (AvgIpc) is 3.33. The van der Waals surface area contributed by atoms with Crippen molar-refractivity contribution in [3.8, 4) is 0 Å². The molecule has 0 spiro atoms. The molecule has 1 aromatic rings. The molecule has 1 aliphatic heterocycles. The van der Waals surface area contributed by atoms with Crippen LogP contribution < -0.4 is 15.5 Å². The van der Waals surface area contributed by atoms with Gasteiger partial charge in [-0.1, -0.05) is 12.8 Å². The molecule has 0 radical (unpaired) electrons. The third-order valence-electron chi connectivity index (χ3n) is 3.79. The average molecular weight is 292 g/mol. The van der Waals surface area contributed by atoms with Gasteiger partial charge in [-0.3, -0.25) is 0 Å². The molecule has 3 rings (SSSR count). The summed E-state index contributed by atoms with van der Waals surface area (Å²) in [7, 11) is 0. The minimum Gasteiger partial charge on any atom is -0.378 e. The second-order valence-electron chi connectivity index (χ2n) is 5.57. The van der Waals surface area contributed by atoms with Crippen LogP contribution in [0.3, 0.4) is 0 Å². The lowest BCUT2D eigenvalue weighted by Crippen LogP contribution is -2.37. The summed E-state index contributed by atoms with van der Waals surface area (Å²) in [5.74, 6) is 2.95. The van der Waals surface area contributed by atoms with E-state index in [0.717, 1.165) is 51.3 Å². The molecule has 7 nitrogen and oxygen atoms in total. The van der Waals surface area contributed by atoms with Gasteiger partial charge in [-0.15, -0.1) is 0 Å². The first-order valence-corrected chi connectivity index (χ1v) is 7.91. The second kappa shape index (κ2) is 6.89. The van der Waals surface area contributed by atoms with Crippen molar-refractivity contribution < 1.29 is 4.74 Å². The summed E-state index contributed by atoms with van der Waals surface area (Å²) in [5, 5.41) is 6.51. The summed E-state index contributed by atoms with van der Waals surface area (Å²) in [6.45, 7) is 6.89. The maximum atomic E-state index is 5.38. The van der Waals surface area contributed by atoms with E-state index in [9.17, 15) is 0 Å².